The van der Waals surface area contributed by atoms with Crippen LogP contribution < -0.4 is 0 Å². The summed E-state index contributed by atoms with van der Waals surface area (Å²) in [6.07, 6.45) is 0. The van der Waals surface area contributed by atoms with E-state index in [-0.39, 0.29) is 6.61 Å². The number of carbonyl (C=O) groups is 1. The van der Waals surface area contributed by atoms with Crippen LogP contribution >= 0.6 is 11.8 Å². The van der Waals surface area contributed by atoms with Crippen molar-refractivity contribution in [2.24, 2.45) is 0 Å². The molecular formula is C5H10O3S. The quantitative estimate of drug-likeness (QED) is 0.424. The van der Waals surface area contributed by atoms with Crippen molar-refractivity contribution in [3.05, 3.63) is 0 Å². The van der Waals surface area contributed by atoms with Crippen molar-refractivity contribution >= 4 is 18.2 Å². The zero-order valence-electron chi connectivity index (χ0n) is 5.08. The standard InChI is InChI=1S/C5H10O3S/c6-1-3-9-4-2-8-5-7/h5-6H,1-4H2. The van der Waals surface area contributed by atoms with Crippen molar-refractivity contribution in [3.8, 4) is 0 Å². The molecule has 54 valence electrons. The molecule has 9 heavy (non-hydrogen) atoms. The first kappa shape index (κ1) is 8.78. The molecule has 0 aromatic carbocycles. The normalized spacial score (nSPS) is 9.00. The minimum Gasteiger partial charge on any atom is -0.467 e. The summed E-state index contributed by atoms with van der Waals surface area (Å²) in [7, 11) is 0. The Morgan fingerprint density at radius 2 is 2.33 bits per heavy atom. The lowest BCUT2D eigenvalue weighted by atomic mass is 10.9. The second-order valence-corrected chi connectivity index (χ2v) is 2.53. The van der Waals surface area contributed by atoms with Crippen molar-refractivity contribution in [2.45, 2.75) is 0 Å². The van der Waals surface area contributed by atoms with E-state index in [1.807, 2.05) is 0 Å². The zero-order valence-corrected chi connectivity index (χ0v) is 5.89. The van der Waals surface area contributed by atoms with Gasteiger partial charge in [0.05, 0.1) is 6.61 Å². The van der Waals surface area contributed by atoms with Gasteiger partial charge in [-0.1, -0.05) is 0 Å². The van der Waals surface area contributed by atoms with E-state index in [1.54, 1.807) is 11.8 Å². The summed E-state index contributed by atoms with van der Waals surface area (Å²) >= 11 is 1.56. The topological polar surface area (TPSA) is 46.5 Å². The first-order chi connectivity index (χ1) is 4.41. The summed E-state index contributed by atoms with van der Waals surface area (Å²) in [6.45, 7) is 1.05. The molecular weight excluding hydrogens is 140 g/mol. The van der Waals surface area contributed by atoms with Crippen molar-refractivity contribution in [1.82, 2.24) is 0 Å². The Balaban J connectivity index is 2.66. The number of aliphatic hydroxyl groups is 1. The highest BCUT2D eigenvalue weighted by molar-refractivity contribution is 7.99. The summed E-state index contributed by atoms with van der Waals surface area (Å²) in [5.41, 5.74) is 0. The molecule has 0 aromatic heterocycles. The largest absolute Gasteiger partial charge is 0.467 e. The smallest absolute Gasteiger partial charge is 0.293 e. The number of ether oxygens (including phenoxy) is 1. The van der Waals surface area contributed by atoms with E-state index in [1.165, 1.54) is 0 Å². The zero-order chi connectivity index (χ0) is 6.95. The molecule has 0 radical (unpaired) electrons. The third-order valence-electron chi connectivity index (χ3n) is 0.649. The molecule has 0 rings (SSSR count). The third kappa shape index (κ3) is 7.78. The van der Waals surface area contributed by atoms with E-state index in [0.717, 1.165) is 5.75 Å². The van der Waals surface area contributed by atoms with Crippen LogP contribution in [-0.4, -0.2) is 36.3 Å². The Kier molecular flexibility index (Phi) is 7.59. The van der Waals surface area contributed by atoms with Crippen molar-refractivity contribution in [1.29, 1.82) is 0 Å². The molecule has 0 aliphatic rings. The number of carbonyl (C=O) groups excluding carboxylic acids is 1. The van der Waals surface area contributed by atoms with Gasteiger partial charge in [0.15, 0.2) is 0 Å². The molecule has 0 atom stereocenters. The van der Waals surface area contributed by atoms with E-state index in [2.05, 4.69) is 4.74 Å². The fraction of sp³-hybridized carbons (Fsp3) is 0.800. The highest BCUT2D eigenvalue weighted by Crippen LogP contribution is 1.96. The van der Waals surface area contributed by atoms with Crippen LogP contribution in [0.1, 0.15) is 0 Å². The van der Waals surface area contributed by atoms with Gasteiger partial charge >= 0.3 is 0 Å². The molecule has 0 aromatic rings. The second kappa shape index (κ2) is 7.78. The first-order valence-electron chi connectivity index (χ1n) is 2.65. The van der Waals surface area contributed by atoms with Gasteiger partial charge in [0.2, 0.25) is 0 Å². The van der Waals surface area contributed by atoms with Gasteiger partial charge in [-0.2, -0.15) is 11.8 Å². The number of hydrogen-bond donors (Lipinski definition) is 1. The van der Waals surface area contributed by atoms with Gasteiger partial charge in [-0.05, 0) is 0 Å². The van der Waals surface area contributed by atoms with E-state index in [4.69, 9.17) is 5.11 Å². The van der Waals surface area contributed by atoms with Crippen LogP contribution in [0.4, 0.5) is 0 Å². The number of rotatable bonds is 6. The van der Waals surface area contributed by atoms with Crippen LogP contribution in [0.25, 0.3) is 0 Å². The van der Waals surface area contributed by atoms with Crippen LogP contribution in [0.3, 0.4) is 0 Å². The van der Waals surface area contributed by atoms with Crippen LogP contribution in [-0.2, 0) is 9.53 Å². The van der Waals surface area contributed by atoms with Crippen LogP contribution in [0, 0.1) is 0 Å². The first-order valence-corrected chi connectivity index (χ1v) is 3.81. The maximum Gasteiger partial charge on any atom is 0.293 e. The summed E-state index contributed by atoms with van der Waals surface area (Å²) in [5, 5.41) is 8.29. The molecule has 0 fully saturated rings. The summed E-state index contributed by atoms with van der Waals surface area (Å²) in [6, 6.07) is 0. The van der Waals surface area contributed by atoms with Crippen molar-refractivity contribution in [3.63, 3.8) is 0 Å². The van der Waals surface area contributed by atoms with Gasteiger partial charge in [0.1, 0.15) is 6.61 Å². The SMILES string of the molecule is O=COCCSCCO. The number of thioether (sulfide) groups is 1. The Bertz CT molecular complexity index is 67.2. The fourth-order valence-corrected chi connectivity index (χ4v) is 0.869. The molecule has 0 bridgehead atoms. The highest BCUT2D eigenvalue weighted by atomic mass is 32.2. The number of aliphatic hydroxyl groups excluding tert-OH is 1. The lowest BCUT2D eigenvalue weighted by Crippen LogP contribution is -1.96. The average molecular weight is 150 g/mol. The number of hydrogen-bond acceptors (Lipinski definition) is 4. The molecule has 0 heterocycles. The molecule has 0 aliphatic carbocycles. The molecule has 0 saturated carbocycles. The van der Waals surface area contributed by atoms with E-state index < -0.39 is 0 Å². The molecule has 0 aliphatic heterocycles. The summed E-state index contributed by atoms with van der Waals surface area (Å²) in [4.78, 5) is 9.56. The molecule has 0 unspecified atom stereocenters. The molecule has 4 heteroatoms. The lowest BCUT2D eigenvalue weighted by molar-refractivity contribution is -0.128. The minimum atomic E-state index is 0.186. The Morgan fingerprint density at radius 3 is 2.89 bits per heavy atom. The highest BCUT2D eigenvalue weighted by Gasteiger charge is 1.85. The molecule has 0 saturated heterocycles. The maximum absolute atomic E-state index is 9.56. The van der Waals surface area contributed by atoms with Crippen LogP contribution in [0.15, 0.2) is 0 Å². The fourth-order valence-electron chi connectivity index (χ4n) is 0.322. The van der Waals surface area contributed by atoms with Crippen molar-refractivity contribution < 1.29 is 14.6 Å². The molecule has 0 spiro atoms. The maximum atomic E-state index is 9.56. The Hall–Kier alpha value is -0.220. The molecule has 3 nitrogen and oxygen atoms in total. The third-order valence-corrected chi connectivity index (χ3v) is 1.58. The molecule has 0 amide bonds. The predicted molar refractivity (Wildman–Crippen MR) is 36.4 cm³/mol. The van der Waals surface area contributed by atoms with Crippen LogP contribution in [0.5, 0.6) is 0 Å². The predicted octanol–water partition coefficient (Wildman–Crippen LogP) is -0.115. The van der Waals surface area contributed by atoms with Gasteiger partial charge in [-0.3, -0.25) is 4.79 Å². The Morgan fingerprint density at radius 1 is 1.56 bits per heavy atom. The van der Waals surface area contributed by atoms with Crippen molar-refractivity contribution in [2.75, 3.05) is 24.7 Å². The van der Waals surface area contributed by atoms with Gasteiger partial charge in [0, 0.05) is 11.5 Å². The monoisotopic (exact) mass is 150 g/mol. The van der Waals surface area contributed by atoms with Gasteiger partial charge in [0.25, 0.3) is 6.47 Å². The lowest BCUT2D eigenvalue weighted by Gasteiger charge is -1.95. The van der Waals surface area contributed by atoms with Gasteiger partial charge in [-0.25, -0.2) is 0 Å². The van der Waals surface area contributed by atoms with Gasteiger partial charge < -0.3 is 9.84 Å². The molecule has 1 N–H and O–H groups in total. The van der Waals surface area contributed by atoms with E-state index >= 15 is 0 Å². The van der Waals surface area contributed by atoms with Crippen LogP contribution in [0.2, 0.25) is 0 Å². The van der Waals surface area contributed by atoms with E-state index in [9.17, 15) is 4.79 Å². The summed E-state index contributed by atoms with van der Waals surface area (Å²) in [5.74, 6) is 1.47. The summed E-state index contributed by atoms with van der Waals surface area (Å²) < 4.78 is 4.40. The van der Waals surface area contributed by atoms with Gasteiger partial charge in [-0.15, -0.1) is 0 Å². The average Bonchev–Trinajstić information content (AvgIpc) is 1.89. The second-order valence-electron chi connectivity index (χ2n) is 1.30. The minimum absolute atomic E-state index is 0.186. The van der Waals surface area contributed by atoms with E-state index in [0.29, 0.717) is 18.8 Å². The Labute approximate surface area is 58.4 Å².